The molecular weight excluding hydrogens is 426 g/mol. The molecule has 2 aliphatic rings. The van der Waals surface area contributed by atoms with Gasteiger partial charge in [0, 0.05) is 31.3 Å². The molecule has 3 aromatic heterocycles. The van der Waals surface area contributed by atoms with Gasteiger partial charge < -0.3 is 30.5 Å². The van der Waals surface area contributed by atoms with E-state index in [-0.39, 0.29) is 25.0 Å². The number of anilines is 3. The second-order valence-corrected chi connectivity index (χ2v) is 8.24. The Morgan fingerprint density at radius 1 is 1.18 bits per heavy atom. The average molecular weight is 454 g/mol. The molecule has 2 unspecified atom stereocenters. The van der Waals surface area contributed by atoms with Crippen molar-refractivity contribution in [2.24, 2.45) is 0 Å². The third-order valence-electron chi connectivity index (χ3n) is 5.94. The number of aliphatic hydroxyl groups excluding tert-OH is 1. The van der Waals surface area contributed by atoms with E-state index in [1.807, 2.05) is 18.2 Å². The Hall–Kier alpha value is -3.28. The third-order valence-corrected chi connectivity index (χ3v) is 5.94. The van der Waals surface area contributed by atoms with Crippen LogP contribution in [0.25, 0.3) is 5.65 Å². The van der Waals surface area contributed by atoms with E-state index < -0.39 is 12.1 Å². The van der Waals surface area contributed by atoms with Crippen LogP contribution >= 0.6 is 0 Å². The average Bonchev–Trinajstić information content (AvgIpc) is 3.45. The lowest BCUT2D eigenvalue weighted by Crippen LogP contribution is -2.42. The van der Waals surface area contributed by atoms with Crippen LogP contribution in [0, 0.1) is 0 Å². The minimum absolute atomic E-state index is 0.203. The van der Waals surface area contributed by atoms with Crippen molar-refractivity contribution in [2.75, 3.05) is 44.1 Å². The summed E-state index contributed by atoms with van der Waals surface area (Å²) in [6, 6.07) is 7.19. The van der Waals surface area contributed by atoms with Crippen molar-refractivity contribution in [3.8, 4) is 0 Å². The number of carbonyl (C=O) groups is 1. The first-order valence-electron chi connectivity index (χ1n) is 11.1. The van der Waals surface area contributed by atoms with Gasteiger partial charge in [-0.25, -0.2) is 9.97 Å². The predicted molar refractivity (Wildman–Crippen MR) is 121 cm³/mol. The van der Waals surface area contributed by atoms with E-state index in [2.05, 4.69) is 26.0 Å². The predicted octanol–water partition coefficient (Wildman–Crippen LogP) is 1.29. The van der Waals surface area contributed by atoms with Gasteiger partial charge in [-0.15, -0.1) is 0 Å². The van der Waals surface area contributed by atoms with Gasteiger partial charge in [-0.3, -0.25) is 4.79 Å². The van der Waals surface area contributed by atoms with Crippen molar-refractivity contribution in [3.63, 3.8) is 0 Å². The van der Waals surface area contributed by atoms with Crippen LogP contribution in [-0.4, -0.2) is 76.2 Å². The molecule has 0 spiro atoms. The van der Waals surface area contributed by atoms with Gasteiger partial charge in [-0.1, -0.05) is 6.07 Å². The van der Waals surface area contributed by atoms with Crippen molar-refractivity contribution in [1.82, 2.24) is 24.9 Å². The van der Waals surface area contributed by atoms with Crippen LogP contribution in [0.4, 0.5) is 17.5 Å². The number of aromatic nitrogens is 4. The van der Waals surface area contributed by atoms with E-state index in [0.29, 0.717) is 35.3 Å². The van der Waals surface area contributed by atoms with Gasteiger partial charge in [-0.05, 0) is 25.0 Å². The molecule has 0 aliphatic carbocycles. The maximum Gasteiger partial charge on any atom is 0.257 e. The molecule has 11 nitrogen and oxygen atoms in total. The molecule has 4 N–H and O–H groups in total. The summed E-state index contributed by atoms with van der Waals surface area (Å²) in [5.74, 6) is 1.75. The number of rotatable bonds is 6. The van der Waals surface area contributed by atoms with E-state index in [1.54, 1.807) is 17.6 Å². The molecule has 5 heterocycles. The summed E-state index contributed by atoms with van der Waals surface area (Å²) in [6.07, 6.45) is 2.82. The van der Waals surface area contributed by atoms with Crippen molar-refractivity contribution in [3.05, 3.63) is 41.7 Å². The molecule has 2 aliphatic heterocycles. The Bertz CT molecular complexity index is 1140. The first-order valence-corrected chi connectivity index (χ1v) is 11.1. The van der Waals surface area contributed by atoms with Gasteiger partial charge in [-0.2, -0.15) is 9.61 Å². The Balaban J connectivity index is 1.42. The summed E-state index contributed by atoms with van der Waals surface area (Å²) in [4.78, 5) is 22.3. The molecule has 2 fully saturated rings. The van der Waals surface area contributed by atoms with Gasteiger partial charge in [0.2, 0.25) is 0 Å². The summed E-state index contributed by atoms with van der Waals surface area (Å²) >= 11 is 0. The third kappa shape index (κ3) is 4.47. The second kappa shape index (κ2) is 9.30. The molecule has 33 heavy (non-hydrogen) atoms. The lowest BCUT2D eigenvalue weighted by atomic mass is 9.98. The van der Waals surface area contributed by atoms with Crippen LogP contribution in [0.2, 0.25) is 0 Å². The highest BCUT2D eigenvalue weighted by atomic mass is 16.5. The topological polar surface area (TPSA) is 135 Å². The summed E-state index contributed by atoms with van der Waals surface area (Å²) in [7, 11) is 1.77. The fourth-order valence-electron chi connectivity index (χ4n) is 4.15. The second-order valence-electron chi connectivity index (χ2n) is 8.24. The van der Waals surface area contributed by atoms with Gasteiger partial charge in [0.05, 0.1) is 38.2 Å². The molecule has 3 atom stereocenters. The van der Waals surface area contributed by atoms with Crippen LogP contribution in [0.1, 0.15) is 34.8 Å². The monoisotopic (exact) mass is 453 g/mol. The first kappa shape index (κ1) is 21.6. The Labute approximate surface area is 190 Å². The fourth-order valence-corrected chi connectivity index (χ4v) is 4.15. The highest BCUT2D eigenvalue weighted by Gasteiger charge is 2.29. The number of fused-ring (bicyclic) bond motifs is 1. The summed E-state index contributed by atoms with van der Waals surface area (Å²) in [5.41, 5.74) is 1.67. The minimum Gasteiger partial charge on any atom is -0.388 e. The Morgan fingerprint density at radius 3 is 2.85 bits per heavy atom. The number of pyridine rings is 1. The van der Waals surface area contributed by atoms with Crippen molar-refractivity contribution < 1.29 is 19.4 Å². The van der Waals surface area contributed by atoms with Crippen LogP contribution in [0.15, 0.2) is 30.5 Å². The summed E-state index contributed by atoms with van der Waals surface area (Å²) < 4.78 is 12.4. The van der Waals surface area contributed by atoms with Crippen molar-refractivity contribution >= 4 is 29.0 Å². The molecule has 0 radical (unpaired) electrons. The number of aliphatic hydroxyl groups is 1. The van der Waals surface area contributed by atoms with Crippen LogP contribution in [-0.2, 0) is 9.47 Å². The van der Waals surface area contributed by atoms with Crippen LogP contribution in [0.3, 0.4) is 0 Å². The molecule has 0 bridgehead atoms. The van der Waals surface area contributed by atoms with Crippen molar-refractivity contribution in [1.29, 1.82) is 0 Å². The lowest BCUT2D eigenvalue weighted by Gasteiger charge is -2.22. The quantitative estimate of drug-likeness (QED) is 0.435. The molecule has 174 valence electrons. The number of nitrogens with one attached hydrogen (secondary N) is 3. The standard InChI is InChI=1S/C22H27N7O4/c1-23-20-8-19(27-18-6-2-5-15(25-18)13-4-3-7-32-10-13)28-21-14(9-24-29(20)21)22(31)26-16-11-33-12-17(16)30/h2,5-6,8-9,13,16-17,23,30H,3-4,7,10-12H2,1H3,(H,26,31)(H,25,27,28)/t13-,16?,17?/m0/s1. The van der Waals surface area contributed by atoms with Crippen LogP contribution < -0.4 is 16.0 Å². The fraction of sp³-hybridized carbons (Fsp3) is 0.455. The Kier molecular flexibility index (Phi) is 6.07. The van der Waals surface area contributed by atoms with Gasteiger partial charge in [0.15, 0.2) is 5.65 Å². The van der Waals surface area contributed by atoms with Crippen molar-refractivity contribution in [2.45, 2.75) is 30.9 Å². The smallest absolute Gasteiger partial charge is 0.257 e. The molecular formula is C22H27N7O4. The molecule has 1 amide bonds. The van der Waals surface area contributed by atoms with E-state index in [1.165, 1.54) is 6.20 Å². The molecule has 2 saturated heterocycles. The minimum atomic E-state index is -0.734. The first-order chi connectivity index (χ1) is 16.1. The maximum absolute atomic E-state index is 12.9. The van der Waals surface area contributed by atoms with E-state index in [0.717, 1.165) is 25.1 Å². The number of hydrogen-bond acceptors (Lipinski definition) is 9. The normalized spacial score (nSPS) is 22.9. The molecule has 0 aromatic carbocycles. The molecule has 11 heteroatoms. The zero-order valence-corrected chi connectivity index (χ0v) is 18.3. The van der Waals surface area contributed by atoms with Crippen LogP contribution in [0.5, 0.6) is 0 Å². The number of carbonyl (C=O) groups excluding carboxylic acids is 1. The van der Waals surface area contributed by atoms with E-state index in [9.17, 15) is 9.90 Å². The Morgan fingerprint density at radius 2 is 2.09 bits per heavy atom. The zero-order valence-electron chi connectivity index (χ0n) is 18.3. The number of amides is 1. The number of hydrogen-bond donors (Lipinski definition) is 4. The van der Waals surface area contributed by atoms with E-state index in [4.69, 9.17) is 14.5 Å². The SMILES string of the molecule is CNc1cc(Nc2cccc([C@H]3CCCOC3)n2)nc2c(C(=O)NC3COCC3O)cnn12. The summed E-state index contributed by atoms with van der Waals surface area (Å²) in [6.45, 7) is 1.95. The molecule has 0 saturated carbocycles. The number of ether oxygens (including phenoxy) is 2. The van der Waals surface area contributed by atoms with E-state index >= 15 is 0 Å². The maximum atomic E-state index is 12.9. The lowest BCUT2D eigenvalue weighted by molar-refractivity contribution is 0.0793. The molecule has 3 aromatic rings. The highest BCUT2D eigenvalue weighted by molar-refractivity contribution is 6.00. The summed E-state index contributed by atoms with van der Waals surface area (Å²) in [5, 5.41) is 23.4. The number of nitrogens with zero attached hydrogens (tertiary/aromatic N) is 4. The van der Waals surface area contributed by atoms with Gasteiger partial charge in [0.1, 0.15) is 23.0 Å². The van der Waals surface area contributed by atoms with Gasteiger partial charge in [0.25, 0.3) is 5.91 Å². The van der Waals surface area contributed by atoms with Gasteiger partial charge >= 0.3 is 0 Å². The largest absolute Gasteiger partial charge is 0.388 e. The molecule has 5 rings (SSSR count). The zero-order chi connectivity index (χ0) is 22.8. The highest BCUT2D eigenvalue weighted by Crippen LogP contribution is 2.26.